The number of nitrogens with zero attached hydrogens (tertiary/aromatic N) is 4. The van der Waals surface area contributed by atoms with Crippen LogP contribution in [-0.2, 0) is 0 Å². The SMILES string of the molecule is Brc1cncc(Br)c1.C#Cc1cc(C#C)cc(C#C)c1.CC(C)(C)C#Cc1cncc(C#Cc2cc(C#Cc3cncc(C#CC(C)(C)C)c3)cc(C#Cc3cncc(C#CC(C)(C)C)c3)c2)c1. The van der Waals surface area contributed by atoms with Crippen LogP contribution in [0.1, 0.15) is 129 Å². The van der Waals surface area contributed by atoms with Gasteiger partial charge in [-0.1, -0.05) is 88.8 Å². The van der Waals surface area contributed by atoms with Gasteiger partial charge in [-0.15, -0.1) is 19.3 Å². The fourth-order valence-electron chi connectivity index (χ4n) is 5.05. The first-order valence-electron chi connectivity index (χ1n) is 21.1. The first kappa shape index (κ1) is 52.7. The van der Waals surface area contributed by atoms with Crippen LogP contribution in [0.4, 0.5) is 0 Å². The summed E-state index contributed by atoms with van der Waals surface area (Å²) in [5.41, 5.74) is 9.01. The van der Waals surface area contributed by atoms with E-state index in [0.29, 0.717) is 0 Å². The Bertz CT molecular complexity index is 2970. The minimum atomic E-state index is -0.102. The molecule has 68 heavy (non-hydrogen) atoms. The molecule has 0 N–H and O–H groups in total. The first-order chi connectivity index (χ1) is 32.2. The van der Waals surface area contributed by atoms with Gasteiger partial charge in [0.1, 0.15) is 0 Å². The van der Waals surface area contributed by atoms with E-state index in [1.165, 1.54) is 0 Å². The van der Waals surface area contributed by atoms with Crippen LogP contribution in [0.2, 0.25) is 0 Å². The van der Waals surface area contributed by atoms with Crippen molar-refractivity contribution >= 4 is 31.9 Å². The van der Waals surface area contributed by atoms with Crippen LogP contribution in [0.25, 0.3) is 0 Å². The van der Waals surface area contributed by atoms with Crippen molar-refractivity contribution in [2.75, 3.05) is 0 Å². The second-order valence-corrected chi connectivity index (χ2v) is 19.8. The third kappa shape index (κ3) is 20.9. The number of terminal acetylenes is 3. The van der Waals surface area contributed by atoms with Crippen molar-refractivity contribution < 1.29 is 0 Å². The second kappa shape index (κ2) is 25.1. The molecule has 0 aliphatic rings. The Kier molecular flexibility index (Phi) is 19.4. The van der Waals surface area contributed by atoms with Crippen LogP contribution in [0.3, 0.4) is 0 Å². The maximum Gasteiger partial charge on any atom is 0.0444 e. The highest BCUT2D eigenvalue weighted by molar-refractivity contribution is 9.11. The number of aromatic nitrogens is 4. The molecule has 0 bridgehead atoms. The molecule has 0 aliphatic heterocycles. The van der Waals surface area contributed by atoms with Gasteiger partial charge >= 0.3 is 0 Å². The predicted octanol–water partition coefficient (Wildman–Crippen LogP) is 12.5. The summed E-state index contributed by atoms with van der Waals surface area (Å²) in [6.45, 7) is 18.7. The lowest BCUT2D eigenvalue weighted by Crippen LogP contribution is -1.99. The van der Waals surface area contributed by atoms with Gasteiger partial charge in [-0.2, -0.15) is 0 Å². The van der Waals surface area contributed by atoms with Gasteiger partial charge in [0.05, 0.1) is 0 Å². The summed E-state index contributed by atoms with van der Waals surface area (Å²) >= 11 is 6.54. The molecule has 6 rings (SSSR count). The average Bonchev–Trinajstić information content (AvgIpc) is 3.30. The molecular formula is C62H48Br2N4. The Labute approximate surface area is 421 Å². The lowest BCUT2D eigenvalue weighted by Gasteiger charge is -2.06. The minimum Gasteiger partial charge on any atom is -0.262 e. The molecule has 330 valence electrons. The van der Waals surface area contributed by atoms with Crippen LogP contribution < -0.4 is 0 Å². The van der Waals surface area contributed by atoms with Crippen molar-refractivity contribution in [1.82, 2.24) is 19.9 Å². The zero-order valence-corrected chi connectivity index (χ0v) is 42.8. The van der Waals surface area contributed by atoms with E-state index < -0.39 is 0 Å². The number of hydrogen-bond acceptors (Lipinski definition) is 4. The van der Waals surface area contributed by atoms with E-state index in [1.807, 2.05) is 42.5 Å². The molecule has 6 heteroatoms. The van der Waals surface area contributed by atoms with Crippen molar-refractivity contribution in [3.05, 3.63) is 186 Å². The van der Waals surface area contributed by atoms with Gasteiger partial charge in [0.2, 0.25) is 0 Å². The molecule has 0 radical (unpaired) electrons. The van der Waals surface area contributed by atoms with E-state index in [4.69, 9.17) is 19.3 Å². The molecule has 2 aromatic carbocycles. The number of pyridine rings is 4. The minimum absolute atomic E-state index is 0.102. The smallest absolute Gasteiger partial charge is 0.0444 e. The van der Waals surface area contributed by atoms with Gasteiger partial charge in [0.25, 0.3) is 0 Å². The van der Waals surface area contributed by atoms with E-state index >= 15 is 0 Å². The van der Waals surface area contributed by atoms with E-state index in [9.17, 15) is 0 Å². The Hall–Kier alpha value is -7.96. The molecule has 0 spiro atoms. The van der Waals surface area contributed by atoms with Gasteiger partial charge in [-0.05, 0) is 155 Å². The van der Waals surface area contributed by atoms with Gasteiger partial charge < -0.3 is 0 Å². The van der Waals surface area contributed by atoms with Crippen LogP contribution in [-0.4, -0.2) is 19.9 Å². The van der Waals surface area contributed by atoms with Gasteiger partial charge in [0, 0.05) is 142 Å². The molecule has 4 aromatic heterocycles. The molecule has 0 aliphatic carbocycles. The van der Waals surface area contributed by atoms with E-state index in [1.54, 1.807) is 67.8 Å². The Balaban J connectivity index is 0.000000411. The molecule has 0 saturated heterocycles. The summed E-state index contributed by atoms with van der Waals surface area (Å²) in [6.07, 6.45) is 29.6. The third-order valence-corrected chi connectivity index (χ3v) is 8.92. The maximum atomic E-state index is 5.21. The summed E-state index contributed by atoms with van der Waals surface area (Å²) in [4.78, 5) is 16.9. The average molecular weight is 1010 g/mol. The zero-order chi connectivity index (χ0) is 49.7. The lowest BCUT2D eigenvalue weighted by molar-refractivity contribution is 0.570. The molecule has 6 aromatic rings. The molecule has 0 amide bonds. The van der Waals surface area contributed by atoms with Crippen LogP contribution in [0.5, 0.6) is 0 Å². The van der Waals surface area contributed by atoms with Crippen molar-refractivity contribution in [2.45, 2.75) is 62.3 Å². The topological polar surface area (TPSA) is 51.6 Å². The predicted molar refractivity (Wildman–Crippen MR) is 286 cm³/mol. The van der Waals surface area contributed by atoms with Crippen molar-refractivity contribution in [3.63, 3.8) is 0 Å². The highest BCUT2D eigenvalue weighted by Gasteiger charge is 2.06. The van der Waals surface area contributed by atoms with Crippen LogP contribution in [0, 0.1) is 124 Å². The quantitative estimate of drug-likeness (QED) is 0.142. The molecule has 0 unspecified atom stereocenters. The highest BCUT2D eigenvalue weighted by atomic mass is 79.9. The second-order valence-electron chi connectivity index (χ2n) is 18.0. The monoisotopic (exact) mass is 1010 g/mol. The first-order valence-corrected chi connectivity index (χ1v) is 22.7. The molecular weight excluding hydrogens is 961 g/mol. The third-order valence-electron chi connectivity index (χ3n) is 8.05. The fourth-order valence-corrected chi connectivity index (χ4v) is 6.09. The number of rotatable bonds is 0. The van der Waals surface area contributed by atoms with Crippen molar-refractivity contribution in [2.24, 2.45) is 16.2 Å². The zero-order valence-electron chi connectivity index (χ0n) is 39.7. The van der Waals surface area contributed by atoms with Crippen LogP contribution in [0.15, 0.2) is 119 Å². The largest absolute Gasteiger partial charge is 0.262 e. The highest BCUT2D eigenvalue weighted by Crippen LogP contribution is 2.16. The Morgan fingerprint density at radius 2 is 0.500 bits per heavy atom. The number of benzene rings is 2. The molecule has 0 saturated carbocycles. The summed E-state index contributed by atoms with van der Waals surface area (Å²) in [5, 5.41) is 0. The summed E-state index contributed by atoms with van der Waals surface area (Å²) < 4.78 is 1.98. The van der Waals surface area contributed by atoms with E-state index in [2.05, 4.69) is 203 Å². The molecule has 0 fully saturated rings. The standard InChI is InChI=1S/C45H39N3.C12H6.C5H3Br2N/c1-43(2,3)19-16-40-25-37(28-46-31-40)13-10-34-22-35(11-14-38-26-41(32-47-29-38)17-20-44(4,5)6)24-36(23-34)12-15-39-27-42(33-48-30-39)18-21-45(7,8)9;1-4-10-7-11(5-2)9-12(6-3)8-10;6-4-1-5(7)3-8-2-4/h22-33H,1-9H3;1-3,7-9H;1-3H. The van der Waals surface area contributed by atoms with Gasteiger partial charge in [-0.3, -0.25) is 19.9 Å². The van der Waals surface area contributed by atoms with E-state index in [-0.39, 0.29) is 16.2 Å². The fraction of sp³-hybridized carbons (Fsp3) is 0.194. The molecule has 4 heterocycles. The molecule has 0 atom stereocenters. The lowest BCUT2D eigenvalue weighted by atomic mass is 9.97. The van der Waals surface area contributed by atoms with E-state index in [0.717, 1.165) is 75.7 Å². The Morgan fingerprint density at radius 1 is 0.294 bits per heavy atom. The van der Waals surface area contributed by atoms with Gasteiger partial charge in [0.15, 0.2) is 0 Å². The summed E-state index contributed by atoms with van der Waals surface area (Å²) in [6, 6.07) is 18.9. The van der Waals surface area contributed by atoms with Crippen molar-refractivity contribution in [3.8, 4) is 108 Å². The normalized spacial score (nSPS) is 9.82. The Morgan fingerprint density at radius 3 is 0.721 bits per heavy atom. The van der Waals surface area contributed by atoms with Gasteiger partial charge in [-0.25, -0.2) is 0 Å². The van der Waals surface area contributed by atoms with Crippen LogP contribution >= 0.6 is 31.9 Å². The summed E-state index contributed by atoms with van der Waals surface area (Å²) in [7, 11) is 0. The van der Waals surface area contributed by atoms with Crippen molar-refractivity contribution in [1.29, 1.82) is 0 Å². The number of hydrogen-bond donors (Lipinski definition) is 0. The summed E-state index contributed by atoms with van der Waals surface area (Å²) in [5.74, 6) is 46.4. The maximum absolute atomic E-state index is 5.21. The molecule has 4 nitrogen and oxygen atoms in total. The number of halogens is 2.